The Hall–Kier alpha value is -2.71. The van der Waals surface area contributed by atoms with Crippen LogP contribution >= 0.6 is 0 Å². The largest absolute Gasteiger partial charge is 0.337 e. The Morgan fingerprint density at radius 2 is 1.93 bits per heavy atom. The lowest BCUT2D eigenvalue weighted by Gasteiger charge is -2.33. The lowest BCUT2D eigenvalue weighted by molar-refractivity contribution is -0.134. The van der Waals surface area contributed by atoms with E-state index in [0.717, 1.165) is 57.0 Å². The number of hydrogen-bond donors (Lipinski definition) is 0. The normalized spacial score (nSPS) is 22.2. The molecule has 3 aliphatic rings. The Morgan fingerprint density at radius 1 is 1.07 bits per heavy atom. The first-order valence-corrected chi connectivity index (χ1v) is 10.1. The Morgan fingerprint density at radius 3 is 2.68 bits per heavy atom. The molecule has 2 aromatic rings. The molecule has 0 spiro atoms. The Kier molecular flexibility index (Phi) is 4.17. The first-order valence-electron chi connectivity index (χ1n) is 10.1. The second-order valence-electron chi connectivity index (χ2n) is 8.09. The summed E-state index contributed by atoms with van der Waals surface area (Å²) < 4.78 is 3.79. The predicted molar refractivity (Wildman–Crippen MR) is 99.2 cm³/mol. The summed E-state index contributed by atoms with van der Waals surface area (Å²) in [6.45, 7) is 3.41. The number of rotatable bonds is 3. The monoisotopic (exact) mass is 383 g/mol. The molecule has 0 aromatic carbocycles. The number of hydrogen-bond acceptors (Lipinski definition) is 5. The van der Waals surface area contributed by atoms with Crippen molar-refractivity contribution in [3.8, 4) is 0 Å². The molecule has 5 rings (SSSR count). The Bertz CT molecular complexity index is 913. The van der Waals surface area contributed by atoms with E-state index in [9.17, 15) is 9.59 Å². The number of fused-ring (bicyclic) bond motifs is 1. The average Bonchev–Trinajstić information content (AvgIpc) is 3.35. The number of nitrogens with zero attached hydrogens (tertiary/aromatic N) is 7. The highest BCUT2D eigenvalue weighted by Gasteiger charge is 2.37. The van der Waals surface area contributed by atoms with Gasteiger partial charge in [-0.1, -0.05) is 0 Å². The Balaban J connectivity index is 1.31. The van der Waals surface area contributed by atoms with Crippen LogP contribution in [0.5, 0.6) is 0 Å². The third kappa shape index (κ3) is 2.98. The lowest BCUT2D eigenvalue weighted by atomic mass is 9.96. The van der Waals surface area contributed by atoms with Gasteiger partial charge in [0.05, 0.1) is 6.54 Å². The molecule has 1 unspecified atom stereocenters. The summed E-state index contributed by atoms with van der Waals surface area (Å²) in [6.07, 6.45) is 5.64. The molecular weight excluding hydrogens is 358 g/mol. The van der Waals surface area contributed by atoms with Gasteiger partial charge in [-0.15, -0.1) is 10.2 Å². The van der Waals surface area contributed by atoms with E-state index in [1.807, 2.05) is 9.80 Å². The van der Waals surface area contributed by atoms with Crippen LogP contribution in [-0.4, -0.2) is 65.8 Å². The zero-order chi connectivity index (χ0) is 19.3. The summed E-state index contributed by atoms with van der Waals surface area (Å²) in [5, 5.41) is 13.0. The van der Waals surface area contributed by atoms with Crippen LogP contribution in [0.3, 0.4) is 0 Å². The van der Waals surface area contributed by atoms with E-state index in [1.165, 1.54) is 0 Å². The summed E-state index contributed by atoms with van der Waals surface area (Å²) >= 11 is 0. The van der Waals surface area contributed by atoms with E-state index in [2.05, 4.69) is 19.9 Å². The third-order valence-electron chi connectivity index (χ3n) is 6.13. The molecule has 1 saturated heterocycles. The molecule has 0 bridgehead atoms. The molecule has 1 saturated carbocycles. The van der Waals surface area contributed by atoms with Crippen LogP contribution in [0, 0.1) is 5.92 Å². The molecule has 2 amide bonds. The first-order chi connectivity index (χ1) is 13.6. The molecule has 0 N–H and O–H groups in total. The number of carbonyl (C=O) groups excluding carboxylic acids is 2. The van der Waals surface area contributed by atoms with Crippen molar-refractivity contribution in [3.63, 3.8) is 0 Å². The van der Waals surface area contributed by atoms with Crippen molar-refractivity contribution in [3.05, 3.63) is 29.6 Å². The van der Waals surface area contributed by atoms with Gasteiger partial charge in [-0.05, 0) is 31.7 Å². The summed E-state index contributed by atoms with van der Waals surface area (Å²) in [4.78, 5) is 29.0. The molecule has 148 valence electrons. The number of aromatic nitrogens is 5. The fourth-order valence-electron chi connectivity index (χ4n) is 4.38. The van der Waals surface area contributed by atoms with Gasteiger partial charge < -0.3 is 14.4 Å². The van der Waals surface area contributed by atoms with Crippen molar-refractivity contribution >= 4 is 11.8 Å². The second-order valence-corrected chi connectivity index (χ2v) is 8.09. The fourth-order valence-corrected chi connectivity index (χ4v) is 4.38. The van der Waals surface area contributed by atoms with Crippen molar-refractivity contribution in [2.24, 2.45) is 13.0 Å². The summed E-state index contributed by atoms with van der Waals surface area (Å²) in [7, 11) is 1.79. The maximum Gasteiger partial charge on any atom is 0.272 e. The van der Waals surface area contributed by atoms with Crippen LogP contribution in [-0.2, 0) is 24.9 Å². The maximum absolute atomic E-state index is 12.9. The van der Waals surface area contributed by atoms with Crippen molar-refractivity contribution < 1.29 is 9.59 Å². The van der Waals surface area contributed by atoms with Gasteiger partial charge in [0, 0.05) is 51.3 Å². The SMILES string of the molecule is Cn1nccc1C(=O)N1CCCC(c2nnc3n2CCN(C(=O)C2CC2)C3)C1. The number of likely N-dealkylation sites (tertiary alicyclic amines) is 1. The second kappa shape index (κ2) is 6.72. The molecule has 28 heavy (non-hydrogen) atoms. The molecule has 9 heteroatoms. The van der Waals surface area contributed by atoms with E-state index in [-0.39, 0.29) is 23.7 Å². The standard InChI is InChI=1S/C19H25N7O2/c1-23-15(6-7-20-23)19(28)24-8-2-3-14(11-24)17-22-21-16-12-25(9-10-26(16)17)18(27)13-4-5-13/h6-7,13-14H,2-5,8-12H2,1H3. The van der Waals surface area contributed by atoms with E-state index in [4.69, 9.17) is 0 Å². The smallest absolute Gasteiger partial charge is 0.272 e. The Labute approximate surface area is 163 Å². The summed E-state index contributed by atoms with van der Waals surface area (Å²) in [6, 6.07) is 1.76. The highest BCUT2D eigenvalue weighted by molar-refractivity contribution is 5.92. The topological polar surface area (TPSA) is 89.2 Å². The molecule has 2 fully saturated rings. The predicted octanol–water partition coefficient (Wildman–Crippen LogP) is 0.784. The van der Waals surface area contributed by atoms with Gasteiger partial charge in [0.25, 0.3) is 5.91 Å². The van der Waals surface area contributed by atoms with Crippen LogP contribution in [0.2, 0.25) is 0 Å². The van der Waals surface area contributed by atoms with E-state index >= 15 is 0 Å². The molecule has 4 heterocycles. The molecule has 1 atom stereocenters. The van der Waals surface area contributed by atoms with E-state index < -0.39 is 0 Å². The van der Waals surface area contributed by atoms with Crippen LogP contribution in [0.1, 0.15) is 53.7 Å². The fraction of sp³-hybridized carbons (Fsp3) is 0.632. The van der Waals surface area contributed by atoms with Crippen molar-refractivity contribution in [1.82, 2.24) is 34.3 Å². The zero-order valence-electron chi connectivity index (χ0n) is 16.1. The van der Waals surface area contributed by atoms with Crippen LogP contribution in [0.4, 0.5) is 0 Å². The minimum atomic E-state index is 0.0179. The van der Waals surface area contributed by atoms with Crippen molar-refractivity contribution in [2.45, 2.75) is 44.7 Å². The quantitative estimate of drug-likeness (QED) is 0.782. The lowest BCUT2D eigenvalue weighted by Crippen LogP contribution is -2.42. The van der Waals surface area contributed by atoms with Crippen molar-refractivity contribution in [1.29, 1.82) is 0 Å². The highest BCUT2D eigenvalue weighted by atomic mass is 16.2. The maximum atomic E-state index is 12.9. The van der Waals surface area contributed by atoms with E-state index in [0.29, 0.717) is 18.8 Å². The molecular formula is C19H25N7O2. The van der Waals surface area contributed by atoms with Gasteiger partial charge in [0.2, 0.25) is 5.91 Å². The molecule has 1 aliphatic carbocycles. The van der Waals surface area contributed by atoms with Gasteiger partial charge >= 0.3 is 0 Å². The van der Waals surface area contributed by atoms with Gasteiger partial charge in [-0.25, -0.2) is 0 Å². The third-order valence-corrected chi connectivity index (χ3v) is 6.13. The zero-order valence-corrected chi connectivity index (χ0v) is 16.1. The van der Waals surface area contributed by atoms with Crippen molar-refractivity contribution in [2.75, 3.05) is 19.6 Å². The molecule has 2 aromatic heterocycles. The average molecular weight is 383 g/mol. The van der Waals surface area contributed by atoms with Gasteiger partial charge in [-0.2, -0.15) is 5.10 Å². The number of carbonyl (C=O) groups is 2. The summed E-state index contributed by atoms with van der Waals surface area (Å²) in [5.41, 5.74) is 0.609. The van der Waals surface area contributed by atoms with Gasteiger partial charge in [-0.3, -0.25) is 14.3 Å². The van der Waals surface area contributed by atoms with Crippen LogP contribution < -0.4 is 0 Å². The summed E-state index contributed by atoms with van der Waals surface area (Å²) in [5.74, 6) is 2.52. The van der Waals surface area contributed by atoms with Gasteiger partial charge in [0.15, 0.2) is 5.82 Å². The highest BCUT2D eigenvalue weighted by Crippen LogP contribution is 2.33. The molecule has 0 radical (unpaired) electrons. The van der Waals surface area contributed by atoms with E-state index in [1.54, 1.807) is 24.0 Å². The first kappa shape index (κ1) is 17.4. The minimum Gasteiger partial charge on any atom is -0.337 e. The number of amides is 2. The number of piperidine rings is 1. The number of aryl methyl sites for hydroxylation is 1. The molecule has 9 nitrogen and oxygen atoms in total. The molecule has 2 aliphatic heterocycles. The van der Waals surface area contributed by atoms with Crippen LogP contribution in [0.25, 0.3) is 0 Å². The van der Waals surface area contributed by atoms with Crippen LogP contribution in [0.15, 0.2) is 12.3 Å². The minimum absolute atomic E-state index is 0.0179. The van der Waals surface area contributed by atoms with Gasteiger partial charge in [0.1, 0.15) is 11.5 Å².